The van der Waals surface area contributed by atoms with Crippen LogP contribution in [-0.4, -0.2) is 4.98 Å². The summed E-state index contributed by atoms with van der Waals surface area (Å²) in [5.74, 6) is 0. The van der Waals surface area contributed by atoms with Crippen LogP contribution >= 0.6 is 12.6 Å². The first-order valence-corrected chi connectivity index (χ1v) is 3.16. The molecule has 0 aliphatic heterocycles. The van der Waals surface area contributed by atoms with Gasteiger partial charge in [-0.2, -0.15) is 12.6 Å². The molecule has 0 fully saturated rings. The molecule has 0 aliphatic carbocycles. The fourth-order valence-electron chi connectivity index (χ4n) is 0.561. The van der Waals surface area contributed by atoms with Crippen molar-refractivity contribution in [3.05, 3.63) is 35.5 Å². The van der Waals surface area contributed by atoms with Crippen molar-refractivity contribution in [1.82, 2.24) is 4.98 Å². The number of pyridine rings is 1. The lowest BCUT2D eigenvalue weighted by Gasteiger charge is -1.86. The summed E-state index contributed by atoms with van der Waals surface area (Å²) in [6, 6.07) is 3.85. The molecule has 0 saturated heterocycles. The van der Waals surface area contributed by atoms with Gasteiger partial charge in [-0.05, 0) is 29.2 Å². The molecule has 1 nitrogen and oxygen atoms in total. The summed E-state index contributed by atoms with van der Waals surface area (Å²) in [4.78, 5) is 3.87. The van der Waals surface area contributed by atoms with Crippen molar-refractivity contribution in [1.29, 1.82) is 0 Å². The average Bonchev–Trinajstić information content (AvgIpc) is 1.91. The molecular formula is C7H7NS. The second-order valence-electron chi connectivity index (χ2n) is 1.60. The van der Waals surface area contributed by atoms with E-state index in [1.54, 1.807) is 17.8 Å². The van der Waals surface area contributed by atoms with Gasteiger partial charge < -0.3 is 0 Å². The predicted molar refractivity (Wildman–Crippen MR) is 42.3 cm³/mol. The Morgan fingerprint density at radius 3 is 2.56 bits per heavy atom. The van der Waals surface area contributed by atoms with Gasteiger partial charge in [-0.25, -0.2) is 0 Å². The molecule has 0 aromatic carbocycles. The Kier molecular flexibility index (Phi) is 2.33. The quantitative estimate of drug-likeness (QED) is 0.584. The van der Waals surface area contributed by atoms with Crippen LogP contribution in [0, 0.1) is 0 Å². The third-order valence-corrected chi connectivity index (χ3v) is 1.12. The lowest BCUT2D eigenvalue weighted by Crippen LogP contribution is -1.70. The molecule has 1 aromatic rings. The second kappa shape index (κ2) is 3.30. The SMILES string of the molecule is SC=Cc1ccncc1. The first-order chi connectivity index (χ1) is 4.43. The van der Waals surface area contributed by atoms with Crippen molar-refractivity contribution < 1.29 is 0 Å². The molecule has 46 valence electrons. The summed E-state index contributed by atoms with van der Waals surface area (Å²) < 4.78 is 0. The highest BCUT2D eigenvalue weighted by Crippen LogP contribution is 1.98. The summed E-state index contributed by atoms with van der Waals surface area (Å²) in [5.41, 5.74) is 1.13. The van der Waals surface area contributed by atoms with Gasteiger partial charge in [-0.3, -0.25) is 4.98 Å². The molecule has 0 amide bonds. The van der Waals surface area contributed by atoms with Gasteiger partial charge in [-0.1, -0.05) is 0 Å². The number of rotatable bonds is 1. The van der Waals surface area contributed by atoms with Crippen molar-refractivity contribution in [2.75, 3.05) is 0 Å². The van der Waals surface area contributed by atoms with E-state index in [1.165, 1.54) is 0 Å². The predicted octanol–water partition coefficient (Wildman–Crippen LogP) is 1.98. The maximum Gasteiger partial charge on any atom is 0.0273 e. The molecule has 0 atom stereocenters. The summed E-state index contributed by atoms with van der Waals surface area (Å²) in [6.45, 7) is 0. The molecular weight excluding hydrogens is 130 g/mol. The monoisotopic (exact) mass is 137 g/mol. The van der Waals surface area contributed by atoms with Crippen molar-refractivity contribution in [2.45, 2.75) is 0 Å². The number of nitrogens with zero attached hydrogens (tertiary/aromatic N) is 1. The van der Waals surface area contributed by atoms with Crippen LogP contribution in [0.4, 0.5) is 0 Å². The molecule has 2 heteroatoms. The number of thiol groups is 1. The Labute approximate surface area is 59.8 Å². The number of hydrogen-bond donors (Lipinski definition) is 1. The van der Waals surface area contributed by atoms with Gasteiger partial charge in [0.1, 0.15) is 0 Å². The zero-order chi connectivity index (χ0) is 6.53. The van der Waals surface area contributed by atoms with Gasteiger partial charge in [0.15, 0.2) is 0 Å². The first-order valence-electron chi connectivity index (χ1n) is 2.64. The van der Waals surface area contributed by atoms with Crippen molar-refractivity contribution in [3.8, 4) is 0 Å². The van der Waals surface area contributed by atoms with E-state index in [1.807, 2.05) is 18.2 Å². The van der Waals surface area contributed by atoms with Gasteiger partial charge >= 0.3 is 0 Å². The van der Waals surface area contributed by atoms with Crippen LogP contribution < -0.4 is 0 Å². The minimum absolute atomic E-state index is 1.13. The Bertz CT molecular complexity index is 193. The third-order valence-electron chi connectivity index (χ3n) is 0.973. The van der Waals surface area contributed by atoms with Crippen LogP contribution in [0.5, 0.6) is 0 Å². The molecule has 0 bridgehead atoms. The molecule has 9 heavy (non-hydrogen) atoms. The highest BCUT2D eigenvalue weighted by Gasteiger charge is 1.78. The van der Waals surface area contributed by atoms with Crippen LogP contribution in [0.2, 0.25) is 0 Å². The minimum atomic E-state index is 1.13. The van der Waals surface area contributed by atoms with E-state index in [9.17, 15) is 0 Å². The Hall–Kier alpha value is -0.760. The summed E-state index contributed by atoms with van der Waals surface area (Å²) in [5, 5.41) is 1.70. The fourth-order valence-corrected chi connectivity index (χ4v) is 0.733. The van der Waals surface area contributed by atoms with E-state index in [0.717, 1.165) is 5.56 Å². The van der Waals surface area contributed by atoms with E-state index in [-0.39, 0.29) is 0 Å². The van der Waals surface area contributed by atoms with Gasteiger partial charge in [0, 0.05) is 12.4 Å². The zero-order valence-electron chi connectivity index (χ0n) is 4.86. The largest absolute Gasteiger partial charge is 0.265 e. The Morgan fingerprint density at radius 1 is 1.33 bits per heavy atom. The molecule has 1 rings (SSSR count). The van der Waals surface area contributed by atoms with Crippen LogP contribution in [-0.2, 0) is 0 Å². The van der Waals surface area contributed by atoms with E-state index in [2.05, 4.69) is 17.6 Å². The summed E-state index contributed by atoms with van der Waals surface area (Å²) in [6.07, 6.45) is 5.41. The molecule has 1 heterocycles. The van der Waals surface area contributed by atoms with Gasteiger partial charge in [0.25, 0.3) is 0 Å². The zero-order valence-corrected chi connectivity index (χ0v) is 5.75. The number of aromatic nitrogens is 1. The van der Waals surface area contributed by atoms with Gasteiger partial charge in [0.05, 0.1) is 0 Å². The normalized spacial score (nSPS) is 10.3. The third kappa shape index (κ3) is 1.90. The smallest absolute Gasteiger partial charge is 0.0273 e. The van der Waals surface area contributed by atoms with E-state index in [4.69, 9.17) is 0 Å². The lowest BCUT2D eigenvalue weighted by molar-refractivity contribution is 1.32. The Balaban J connectivity index is 2.85. The Morgan fingerprint density at radius 2 is 2.00 bits per heavy atom. The molecule has 0 radical (unpaired) electrons. The minimum Gasteiger partial charge on any atom is -0.265 e. The summed E-state index contributed by atoms with van der Waals surface area (Å²) >= 11 is 3.93. The van der Waals surface area contributed by atoms with E-state index < -0.39 is 0 Å². The van der Waals surface area contributed by atoms with Gasteiger partial charge in [-0.15, -0.1) is 0 Å². The standard InChI is InChI=1S/C7H7NS/c9-6-3-7-1-4-8-5-2-7/h1-6,9H. The fraction of sp³-hybridized carbons (Fsp3) is 0. The highest BCUT2D eigenvalue weighted by molar-refractivity contribution is 7.83. The molecule has 0 N–H and O–H groups in total. The van der Waals surface area contributed by atoms with Gasteiger partial charge in [0.2, 0.25) is 0 Å². The van der Waals surface area contributed by atoms with Crippen LogP contribution in [0.3, 0.4) is 0 Å². The maximum absolute atomic E-state index is 3.93. The highest BCUT2D eigenvalue weighted by atomic mass is 32.1. The van der Waals surface area contributed by atoms with Crippen LogP contribution in [0.15, 0.2) is 29.9 Å². The van der Waals surface area contributed by atoms with Crippen molar-refractivity contribution >= 4 is 18.7 Å². The van der Waals surface area contributed by atoms with Crippen LogP contribution in [0.25, 0.3) is 6.08 Å². The topological polar surface area (TPSA) is 12.9 Å². The second-order valence-corrected chi connectivity index (χ2v) is 1.89. The summed E-state index contributed by atoms with van der Waals surface area (Å²) in [7, 11) is 0. The molecule has 0 spiro atoms. The van der Waals surface area contributed by atoms with Crippen LogP contribution in [0.1, 0.15) is 5.56 Å². The lowest BCUT2D eigenvalue weighted by atomic mass is 10.3. The number of hydrogen-bond acceptors (Lipinski definition) is 2. The molecule has 0 aliphatic rings. The average molecular weight is 137 g/mol. The molecule has 1 aromatic heterocycles. The van der Waals surface area contributed by atoms with E-state index in [0.29, 0.717) is 0 Å². The van der Waals surface area contributed by atoms with Crippen molar-refractivity contribution in [2.24, 2.45) is 0 Å². The molecule has 0 saturated carbocycles. The maximum atomic E-state index is 3.93. The van der Waals surface area contributed by atoms with E-state index >= 15 is 0 Å². The molecule has 0 unspecified atom stereocenters. The first kappa shape index (κ1) is 6.36. The van der Waals surface area contributed by atoms with Crippen molar-refractivity contribution in [3.63, 3.8) is 0 Å².